The number of hydrogen-bond acceptors (Lipinski definition) is 3. The zero-order chi connectivity index (χ0) is 15.0. The Balaban J connectivity index is 2.15. The van der Waals surface area contributed by atoms with Crippen molar-refractivity contribution in [1.29, 1.82) is 0 Å². The third-order valence-electron chi connectivity index (χ3n) is 3.83. The molecule has 0 radical (unpaired) electrons. The number of β-amino-alcohol motifs (C(OH)–C–C–N with tert-alkyl or cyclic N) is 1. The maximum atomic E-state index is 12.1. The number of nitrogens with zero attached hydrogens (tertiary/aromatic N) is 2. The topological polar surface area (TPSA) is 43.8 Å². The third-order valence-corrected chi connectivity index (χ3v) is 3.83. The van der Waals surface area contributed by atoms with E-state index in [4.69, 9.17) is 0 Å². The van der Waals surface area contributed by atoms with Crippen LogP contribution in [0.1, 0.15) is 59.3 Å². The Morgan fingerprint density at radius 1 is 1.05 bits per heavy atom. The Morgan fingerprint density at radius 2 is 1.65 bits per heavy atom. The maximum Gasteiger partial charge on any atom is 0.222 e. The monoisotopic (exact) mass is 284 g/mol. The first-order chi connectivity index (χ1) is 9.42. The Hall–Kier alpha value is -0.610. The number of unbranched alkanes of at least 4 members (excludes halogenated alkanes) is 4. The summed E-state index contributed by atoms with van der Waals surface area (Å²) in [5.41, 5.74) is -0.647. The predicted octanol–water partition coefficient (Wildman–Crippen LogP) is 2.26. The van der Waals surface area contributed by atoms with Gasteiger partial charge in [-0.3, -0.25) is 9.69 Å². The number of piperazine rings is 1. The highest BCUT2D eigenvalue weighted by Gasteiger charge is 2.24. The fourth-order valence-corrected chi connectivity index (χ4v) is 2.74. The molecule has 0 aromatic heterocycles. The van der Waals surface area contributed by atoms with E-state index in [0.29, 0.717) is 18.9 Å². The number of rotatable bonds is 8. The van der Waals surface area contributed by atoms with Crippen LogP contribution >= 0.6 is 0 Å². The summed E-state index contributed by atoms with van der Waals surface area (Å²) in [5, 5.41) is 9.81. The molecule has 1 saturated heterocycles. The van der Waals surface area contributed by atoms with Gasteiger partial charge in [-0.15, -0.1) is 0 Å². The number of carbonyl (C=O) groups is 1. The lowest BCUT2D eigenvalue weighted by Crippen LogP contribution is -2.51. The van der Waals surface area contributed by atoms with Crippen molar-refractivity contribution < 1.29 is 9.90 Å². The van der Waals surface area contributed by atoms with E-state index in [9.17, 15) is 9.90 Å². The van der Waals surface area contributed by atoms with Crippen LogP contribution in [0.3, 0.4) is 0 Å². The second-order valence-corrected chi connectivity index (χ2v) is 6.63. The summed E-state index contributed by atoms with van der Waals surface area (Å²) >= 11 is 0. The van der Waals surface area contributed by atoms with Gasteiger partial charge in [-0.1, -0.05) is 32.6 Å². The van der Waals surface area contributed by atoms with Crippen molar-refractivity contribution in [3.8, 4) is 0 Å². The summed E-state index contributed by atoms with van der Waals surface area (Å²) in [6.07, 6.45) is 6.69. The van der Waals surface area contributed by atoms with Gasteiger partial charge in [0.05, 0.1) is 5.60 Å². The Morgan fingerprint density at radius 3 is 2.20 bits per heavy atom. The molecule has 0 bridgehead atoms. The molecule has 0 spiro atoms. The molecular weight excluding hydrogens is 252 g/mol. The number of carbonyl (C=O) groups excluding carboxylic acids is 1. The fourth-order valence-electron chi connectivity index (χ4n) is 2.74. The van der Waals surface area contributed by atoms with E-state index in [2.05, 4.69) is 11.8 Å². The van der Waals surface area contributed by atoms with Crippen LogP contribution in [0.5, 0.6) is 0 Å². The molecule has 0 aromatic carbocycles. The van der Waals surface area contributed by atoms with Crippen molar-refractivity contribution in [2.45, 2.75) is 64.9 Å². The number of aliphatic hydroxyl groups is 1. The van der Waals surface area contributed by atoms with Crippen LogP contribution in [0.25, 0.3) is 0 Å². The molecule has 0 aromatic rings. The second kappa shape index (κ2) is 8.63. The minimum absolute atomic E-state index is 0.310. The Bertz CT molecular complexity index is 279. The van der Waals surface area contributed by atoms with Gasteiger partial charge in [0.1, 0.15) is 0 Å². The van der Waals surface area contributed by atoms with Crippen LogP contribution in [-0.4, -0.2) is 59.1 Å². The van der Waals surface area contributed by atoms with Crippen molar-refractivity contribution in [2.75, 3.05) is 32.7 Å². The van der Waals surface area contributed by atoms with Crippen LogP contribution in [-0.2, 0) is 4.79 Å². The molecule has 1 amide bonds. The Kier molecular flexibility index (Phi) is 7.52. The van der Waals surface area contributed by atoms with Gasteiger partial charge >= 0.3 is 0 Å². The van der Waals surface area contributed by atoms with E-state index in [0.717, 1.165) is 32.6 Å². The zero-order valence-corrected chi connectivity index (χ0v) is 13.5. The maximum absolute atomic E-state index is 12.1. The summed E-state index contributed by atoms with van der Waals surface area (Å²) in [4.78, 5) is 16.3. The highest BCUT2D eigenvalue weighted by Crippen LogP contribution is 2.11. The van der Waals surface area contributed by atoms with Gasteiger partial charge in [0, 0.05) is 39.1 Å². The summed E-state index contributed by atoms with van der Waals surface area (Å²) in [5.74, 6) is 0.310. The Labute approximate surface area is 124 Å². The molecule has 1 N–H and O–H groups in total. The van der Waals surface area contributed by atoms with Crippen molar-refractivity contribution in [3.05, 3.63) is 0 Å². The fraction of sp³-hybridized carbons (Fsp3) is 0.938. The summed E-state index contributed by atoms with van der Waals surface area (Å²) in [6, 6.07) is 0. The molecule has 118 valence electrons. The van der Waals surface area contributed by atoms with E-state index in [1.807, 2.05) is 18.7 Å². The predicted molar refractivity (Wildman–Crippen MR) is 82.7 cm³/mol. The van der Waals surface area contributed by atoms with Gasteiger partial charge in [0.2, 0.25) is 5.91 Å². The SMILES string of the molecule is CCCCCCCC(=O)N1CCN(CC(C)(C)O)CC1. The molecule has 0 unspecified atom stereocenters. The van der Waals surface area contributed by atoms with Crippen LogP contribution < -0.4 is 0 Å². The smallest absolute Gasteiger partial charge is 0.222 e. The van der Waals surface area contributed by atoms with Crippen LogP contribution in [0, 0.1) is 0 Å². The average Bonchev–Trinajstić information content (AvgIpc) is 2.37. The lowest BCUT2D eigenvalue weighted by atomic mass is 10.1. The molecule has 0 saturated carbocycles. The van der Waals surface area contributed by atoms with Crippen molar-refractivity contribution in [3.63, 3.8) is 0 Å². The van der Waals surface area contributed by atoms with E-state index >= 15 is 0 Å². The molecule has 1 heterocycles. The van der Waals surface area contributed by atoms with Crippen molar-refractivity contribution in [1.82, 2.24) is 9.80 Å². The molecule has 1 aliphatic rings. The summed E-state index contributed by atoms with van der Waals surface area (Å²) in [7, 11) is 0. The number of hydrogen-bond donors (Lipinski definition) is 1. The number of amides is 1. The highest BCUT2D eigenvalue weighted by molar-refractivity contribution is 5.76. The van der Waals surface area contributed by atoms with Gasteiger partial charge in [-0.2, -0.15) is 0 Å². The minimum Gasteiger partial charge on any atom is -0.389 e. The van der Waals surface area contributed by atoms with Gasteiger partial charge < -0.3 is 10.0 Å². The first-order valence-electron chi connectivity index (χ1n) is 8.15. The molecule has 1 rings (SSSR count). The molecular formula is C16H32N2O2. The zero-order valence-electron chi connectivity index (χ0n) is 13.5. The minimum atomic E-state index is -0.647. The van der Waals surface area contributed by atoms with Crippen molar-refractivity contribution in [2.24, 2.45) is 0 Å². The molecule has 1 fully saturated rings. The summed E-state index contributed by atoms with van der Waals surface area (Å²) in [6.45, 7) is 9.94. The second-order valence-electron chi connectivity index (χ2n) is 6.63. The third kappa shape index (κ3) is 7.25. The normalized spacial score (nSPS) is 17.5. The van der Waals surface area contributed by atoms with Crippen LogP contribution in [0.2, 0.25) is 0 Å². The molecule has 20 heavy (non-hydrogen) atoms. The lowest BCUT2D eigenvalue weighted by Gasteiger charge is -2.37. The van der Waals surface area contributed by atoms with Crippen molar-refractivity contribution >= 4 is 5.91 Å². The van der Waals surface area contributed by atoms with Gasteiger partial charge in [-0.05, 0) is 20.3 Å². The average molecular weight is 284 g/mol. The van der Waals surface area contributed by atoms with Gasteiger partial charge in [0.25, 0.3) is 0 Å². The van der Waals surface area contributed by atoms with Crippen LogP contribution in [0.15, 0.2) is 0 Å². The molecule has 0 aliphatic carbocycles. The standard InChI is InChI=1S/C16H32N2O2/c1-4-5-6-7-8-9-15(19)18-12-10-17(11-13-18)14-16(2,3)20/h20H,4-14H2,1-3H3. The van der Waals surface area contributed by atoms with E-state index in [1.165, 1.54) is 25.7 Å². The largest absolute Gasteiger partial charge is 0.389 e. The molecule has 1 aliphatic heterocycles. The van der Waals surface area contributed by atoms with Gasteiger partial charge in [0.15, 0.2) is 0 Å². The first kappa shape index (κ1) is 17.4. The molecule has 4 heteroatoms. The highest BCUT2D eigenvalue weighted by atomic mass is 16.3. The molecule has 0 atom stereocenters. The van der Waals surface area contributed by atoms with E-state index < -0.39 is 5.60 Å². The van der Waals surface area contributed by atoms with Gasteiger partial charge in [-0.25, -0.2) is 0 Å². The first-order valence-corrected chi connectivity index (χ1v) is 8.15. The van der Waals surface area contributed by atoms with E-state index in [-0.39, 0.29) is 0 Å². The lowest BCUT2D eigenvalue weighted by molar-refractivity contribution is -0.133. The quantitative estimate of drug-likeness (QED) is 0.695. The molecule has 4 nitrogen and oxygen atoms in total. The summed E-state index contributed by atoms with van der Waals surface area (Å²) < 4.78 is 0. The van der Waals surface area contributed by atoms with Crippen LogP contribution in [0.4, 0.5) is 0 Å². The van der Waals surface area contributed by atoms with E-state index in [1.54, 1.807) is 0 Å².